The van der Waals surface area contributed by atoms with Crippen LogP contribution in [0.1, 0.15) is 24.3 Å². The van der Waals surface area contributed by atoms with Crippen molar-refractivity contribution in [2.45, 2.75) is 18.8 Å². The molecule has 0 saturated carbocycles. The molecule has 0 aliphatic carbocycles. The van der Waals surface area contributed by atoms with E-state index < -0.39 is 0 Å². The molecule has 1 aliphatic rings. The Kier molecular flexibility index (Phi) is 2.41. The van der Waals surface area contributed by atoms with Crippen LogP contribution >= 0.6 is 0 Å². The van der Waals surface area contributed by atoms with Crippen molar-refractivity contribution >= 4 is 17.5 Å². The number of nitrogens with two attached hydrogens (primary N) is 1. The molecule has 0 unspecified atom stereocenters. The molecule has 2 rings (SSSR count). The summed E-state index contributed by atoms with van der Waals surface area (Å²) in [5, 5.41) is 2.28. The molecule has 4 nitrogen and oxygen atoms in total. The van der Waals surface area contributed by atoms with E-state index in [0.29, 0.717) is 18.5 Å². The van der Waals surface area contributed by atoms with Crippen molar-refractivity contribution < 1.29 is 9.59 Å². The normalized spacial score (nSPS) is 17.6. The number of hydrogen-bond donors (Lipinski definition) is 2. The summed E-state index contributed by atoms with van der Waals surface area (Å²) in [4.78, 5) is 22.4. The number of carbonyl (C=O) groups is 2. The third kappa shape index (κ3) is 2.15. The van der Waals surface area contributed by atoms with E-state index in [4.69, 9.17) is 5.73 Å². The number of nitrogen functional groups attached to an aromatic ring is 1. The third-order valence-corrected chi connectivity index (χ3v) is 2.52. The maximum Gasteiger partial charge on any atom is 0.227 e. The number of benzene rings is 1. The molecule has 0 spiro atoms. The van der Waals surface area contributed by atoms with Gasteiger partial charge in [0.1, 0.15) is 0 Å². The lowest BCUT2D eigenvalue weighted by atomic mass is 9.89. The molecule has 1 aromatic carbocycles. The van der Waals surface area contributed by atoms with Crippen molar-refractivity contribution in [3.05, 3.63) is 29.8 Å². The van der Waals surface area contributed by atoms with Crippen molar-refractivity contribution in [2.24, 2.45) is 0 Å². The van der Waals surface area contributed by atoms with Gasteiger partial charge in [-0.05, 0) is 17.7 Å². The van der Waals surface area contributed by atoms with Crippen LogP contribution in [-0.4, -0.2) is 11.8 Å². The molecule has 4 heteroatoms. The van der Waals surface area contributed by atoms with E-state index in [1.54, 1.807) is 6.07 Å². The highest BCUT2D eigenvalue weighted by atomic mass is 16.2. The number of rotatable bonds is 1. The van der Waals surface area contributed by atoms with Crippen LogP contribution in [0.15, 0.2) is 24.3 Å². The first-order valence-electron chi connectivity index (χ1n) is 4.83. The quantitative estimate of drug-likeness (QED) is 0.524. The van der Waals surface area contributed by atoms with Gasteiger partial charge in [0.05, 0.1) is 0 Å². The second-order valence-electron chi connectivity index (χ2n) is 3.75. The Morgan fingerprint density at radius 1 is 1.20 bits per heavy atom. The second kappa shape index (κ2) is 3.73. The second-order valence-corrected chi connectivity index (χ2v) is 3.75. The van der Waals surface area contributed by atoms with Crippen LogP contribution in [0.3, 0.4) is 0 Å². The molecule has 2 amide bonds. The first kappa shape index (κ1) is 9.71. The lowest BCUT2D eigenvalue weighted by Gasteiger charge is -2.21. The zero-order valence-corrected chi connectivity index (χ0v) is 8.19. The Hall–Kier alpha value is -1.84. The molecule has 3 N–H and O–H groups in total. The molecule has 1 aromatic rings. The number of amides is 2. The first-order chi connectivity index (χ1) is 7.15. The van der Waals surface area contributed by atoms with E-state index in [-0.39, 0.29) is 17.7 Å². The first-order valence-corrected chi connectivity index (χ1v) is 4.83. The average molecular weight is 204 g/mol. The summed E-state index contributed by atoms with van der Waals surface area (Å²) in [6, 6.07) is 7.33. The molecule has 0 aromatic heterocycles. The molecular formula is C11H12N2O2. The van der Waals surface area contributed by atoms with Crippen LogP contribution < -0.4 is 11.1 Å². The van der Waals surface area contributed by atoms with Crippen LogP contribution in [0.25, 0.3) is 0 Å². The van der Waals surface area contributed by atoms with Crippen LogP contribution in [0.2, 0.25) is 0 Å². The fourth-order valence-corrected chi connectivity index (χ4v) is 1.83. The molecule has 0 atom stereocenters. The molecule has 0 radical (unpaired) electrons. The number of carbonyl (C=O) groups excluding carboxylic acids is 2. The summed E-state index contributed by atoms with van der Waals surface area (Å²) in [5.74, 6) is -0.452. The van der Waals surface area contributed by atoms with Gasteiger partial charge in [-0.3, -0.25) is 14.9 Å². The van der Waals surface area contributed by atoms with Crippen molar-refractivity contribution in [2.75, 3.05) is 5.73 Å². The lowest BCUT2D eigenvalue weighted by Crippen LogP contribution is -2.37. The third-order valence-electron chi connectivity index (χ3n) is 2.52. The summed E-state index contributed by atoms with van der Waals surface area (Å²) >= 11 is 0. The minimum atomic E-state index is -0.210. The van der Waals surface area contributed by atoms with Gasteiger partial charge in [-0.25, -0.2) is 0 Å². The van der Waals surface area contributed by atoms with Gasteiger partial charge in [0.15, 0.2) is 0 Å². The minimum Gasteiger partial charge on any atom is -0.399 e. The molecule has 78 valence electrons. The van der Waals surface area contributed by atoms with Gasteiger partial charge in [0.25, 0.3) is 0 Å². The Labute approximate surface area is 87.5 Å². The van der Waals surface area contributed by atoms with Crippen molar-refractivity contribution in [1.29, 1.82) is 0 Å². The zero-order chi connectivity index (χ0) is 10.8. The summed E-state index contributed by atoms with van der Waals surface area (Å²) in [7, 11) is 0. The Morgan fingerprint density at radius 3 is 2.47 bits per heavy atom. The maximum atomic E-state index is 11.2. The molecule has 1 fully saturated rings. The predicted molar refractivity (Wildman–Crippen MR) is 56.0 cm³/mol. The van der Waals surface area contributed by atoms with E-state index >= 15 is 0 Å². The predicted octanol–water partition coefficient (Wildman–Crippen LogP) is 0.789. The zero-order valence-electron chi connectivity index (χ0n) is 8.19. The van der Waals surface area contributed by atoms with Crippen LogP contribution in [0, 0.1) is 0 Å². The van der Waals surface area contributed by atoms with E-state index in [1.165, 1.54) is 0 Å². The molecule has 1 heterocycles. The van der Waals surface area contributed by atoms with Gasteiger partial charge >= 0.3 is 0 Å². The average Bonchev–Trinajstić information content (AvgIpc) is 2.16. The molecule has 0 bridgehead atoms. The van der Waals surface area contributed by atoms with Gasteiger partial charge in [0, 0.05) is 24.4 Å². The number of hydrogen-bond acceptors (Lipinski definition) is 3. The highest BCUT2D eigenvalue weighted by Gasteiger charge is 2.25. The van der Waals surface area contributed by atoms with Crippen LogP contribution in [0.5, 0.6) is 0 Å². The number of nitrogens with one attached hydrogen (secondary N) is 1. The fourth-order valence-electron chi connectivity index (χ4n) is 1.83. The van der Waals surface area contributed by atoms with Crippen molar-refractivity contribution in [1.82, 2.24) is 5.32 Å². The van der Waals surface area contributed by atoms with Crippen LogP contribution in [0.4, 0.5) is 5.69 Å². The van der Waals surface area contributed by atoms with E-state index in [2.05, 4.69) is 5.32 Å². The van der Waals surface area contributed by atoms with Gasteiger partial charge in [-0.1, -0.05) is 12.1 Å². The van der Waals surface area contributed by atoms with E-state index in [1.807, 2.05) is 18.2 Å². The number of piperidine rings is 1. The SMILES string of the molecule is Nc1cccc(C2CC(=O)NC(=O)C2)c1. The minimum absolute atomic E-state index is 0.0326. The Bertz CT molecular complexity index is 399. The summed E-state index contributed by atoms with van der Waals surface area (Å²) in [5.41, 5.74) is 7.26. The smallest absolute Gasteiger partial charge is 0.227 e. The monoisotopic (exact) mass is 204 g/mol. The van der Waals surface area contributed by atoms with Gasteiger partial charge < -0.3 is 5.73 Å². The van der Waals surface area contributed by atoms with E-state index in [9.17, 15) is 9.59 Å². The van der Waals surface area contributed by atoms with Crippen molar-refractivity contribution in [3.8, 4) is 0 Å². The van der Waals surface area contributed by atoms with Crippen molar-refractivity contribution in [3.63, 3.8) is 0 Å². The maximum absolute atomic E-state index is 11.2. The number of imide groups is 1. The standard InChI is InChI=1S/C11H12N2O2/c12-9-3-1-2-7(4-9)8-5-10(14)13-11(15)6-8/h1-4,8H,5-6,12H2,(H,13,14,15). The van der Waals surface area contributed by atoms with Gasteiger partial charge in [0.2, 0.25) is 11.8 Å². The highest BCUT2D eigenvalue weighted by Crippen LogP contribution is 2.27. The Balaban J connectivity index is 2.23. The summed E-state index contributed by atoms with van der Waals surface area (Å²) in [6.45, 7) is 0. The largest absolute Gasteiger partial charge is 0.399 e. The lowest BCUT2D eigenvalue weighted by molar-refractivity contribution is -0.133. The highest BCUT2D eigenvalue weighted by molar-refractivity contribution is 5.98. The van der Waals surface area contributed by atoms with Gasteiger partial charge in [-0.2, -0.15) is 0 Å². The molecule has 1 saturated heterocycles. The van der Waals surface area contributed by atoms with E-state index in [0.717, 1.165) is 5.56 Å². The fraction of sp³-hybridized carbons (Fsp3) is 0.273. The number of anilines is 1. The molecular weight excluding hydrogens is 192 g/mol. The van der Waals surface area contributed by atoms with Gasteiger partial charge in [-0.15, -0.1) is 0 Å². The molecule has 15 heavy (non-hydrogen) atoms. The molecule has 1 aliphatic heterocycles. The topological polar surface area (TPSA) is 72.2 Å². The van der Waals surface area contributed by atoms with Crippen LogP contribution in [-0.2, 0) is 9.59 Å². The summed E-state index contributed by atoms with van der Waals surface area (Å²) in [6.07, 6.45) is 0.713. The Morgan fingerprint density at radius 2 is 1.87 bits per heavy atom. The summed E-state index contributed by atoms with van der Waals surface area (Å²) < 4.78 is 0.